The molecule has 1 aromatic heterocycles. The fraction of sp³-hybridized carbons (Fsp3) is 0.368. The number of aromatic nitrogens is 1. The molecule has 1 saturated heterocycles. The Morgan fingerprint density at radius 2 is 2.04 bits per heavy atom. The summed E-state index contributed by atoms with van der Waals surface area (Å²) in [6.45, 7) is 4.50. The minimum absolute atomic E-state index is 0.0451. The summed E-state index contributed by atoms with van der Waals surface area (Å²) in [5.74, 6) is 0.256. The van der Waals surface area contributed by atoms with Gasteiger partial charge in [0.15, 0.2) is 0 Å². The van der Waals surface area contributed by atoms with Crippen LogP contribution in [0.2, 0.25) is 0 Å². The fourth-order valence-electron chi connectivity index (χ4n) is 3.21. The van der Waals surface area contributed by atoms with E-state index in [2.05, 4.69) is 41.5 Å². The summed E-state index contributed by atoms with van der Waals surface area (Å²) in [5, 5.41) is 3.32. The Labute approximate surface area is 137 Å². The van der Waals surface area contributed by atoms with Gasteiger partial charge in [0, 0.05) is 43.9 Å². The molecule has 0 spiro atoms. The van der Waals surface area contributed by atoms with Crippen LogP contribution in [0.25, 0.3) is 0 Å². The van der Waals surface area contributed by atoms with Crippen molar-refractivity contribution in [3.8, 4) is 0 Å². The van der Waals surface area contributed by atoms with Crippen molar-refractivity contribution < 1.29 is 4.79 Å². The van der Waals surface area contributed by atoms with Crippen molar-refractivity contribution in [1.29, 1.82) is 0 Å². The lowest BCUT2D eigenvalue weighted by Crippen LogP contribution is -2.48. The summed E-state index contributed by atoms with van der Waals surface area (Å²) >= 11 is 0. The third-order valence-corrected chi connectivity index (χ3v) is 4.63. The van der Waals surface area contributed by atoms with Crippen molar-refractivity contribution in [2.75, 3.05) is 25.0 Å². The number of anilines is 1. The molecule has 1 aliphatic rings. The monoisotopic (exact) mass is 309 g/mol. The van der Waals surface area contributed by atoms with E-state index >= 15 is 0 Å². The maximum absolute atomic E-state index is 12.2. The van der Waals surface area contributed by atoms with Crippen molar-refractivity contribution in [1.82, 2.24) is 9.88 Å². The highest BCUT2D eigenvalue weighted by molar-refractivity contribution is 5.77. The van der Waals surface area contributed by atoms with Gasteiger partial charge in [0.1, 0.15) is 0 Å². The van der Waals surface area contributed by atoms with E-state index in [1.165, 1.54) is 5.56 Å². The molecule has 120 valence electrons. The van der Waals surface area contributed by atoms with Gasteiger partial charge in [0.2, 0.25) is 5.91 Å². The van der Waals surface area contributed by atoms with Gasteiger partial charge in [-0.25, -0.2) is 0 Å². The number of nitrogens with one attached hydrogen (secondary N) is 1. The third-order valence-electron chi connectivity index (χ3n) is 4.63. The SMILES string of the molecule is CC1(c2ccccc2)CCC(=O)N(CCNc2cccnc2)C1. The number of hydrogen-bond donors (Lipinski definition) is 1. The largest absolute Gasteiger partial charge is 0.382 e. The van der Waals surface area contributed by atoms with Gasteiger partial charge in [-0.2, -0.15) is 0 Å². The van der Waals surface area contributed by atoms with E-state index in [4.69, 9.17) is 0 Å². The summed E-state index contributed by atoms with van der Waals surface area (Å²) in [7, 11) is 0. The molecule has 4 nitrogen and oxygen atoms in total. The molecule has 0 radical (unpaired) electrons. The van der Waals surface area contributed by atoms with Crippen LogP contribution < -0.4 is 5.32 Å². The zero-order valence-electron chi connectivity index (χ0n) is 13.5. The van der Waals surface area contributed by atoms with E-state index in [-0.39, 0.29) is 11.3 Å². The Morgan fingerprint density at radius 3 is 2.78 bits per heavy atom. The number of nitrogens with zero attached hydrogens (tertiary/aromatic N) is 2. The summed E-state index contributed by atoms with van der Waals surface area (Å²) in [6.07, 6.45) is 5.09. The number of likely N-dealkylation sites (tertiary alicyclic amines) is 1. The van der Waals surface area contributed by atoms with Gasteiger partial charge in [-0.3, -0.25) is 9.78 Å². The molecule has 1 fully saturated rings. The molecular formula is C19H23N3O. The second kappa shape index (κ2) is 6.82. The van der Waals surface area contributed by atoms with Gasteiger partial charge in [-0.05, 0) is 24.1 Å². The molecule has 1 atom stereocenters. The Kier molecular flexibility index (Phi) is 4.60. The number of pyridine rings is 1. The van der Waals surface area contributed by atoms with E-state index < -0.39 is 0 Å². The van der Waals surface area contributed by atoms with E-state index in [0.717, 1.165) is 31.7 Å². The number of benzene rings is 1. The minimum atomic E-state index is 0.0451. The van der Waals surface area contributed by atoms with Crippen LogP contribution in [0, 0.1) is 0 Å². The predicted molar refractivity (Wildman–Crippen MR) is 92.3 cm³/mol. The molecule has 2 aromatic rings. The second-order valence-corrected chi connectivity index (χ2v) is 6.41. The molecule has 1 N–H and O–H groups in total. The van der Waals surface area contributed by atoms with Gasteiger partial charge in [-0.15, -0.1) is 0 Å². The molecule has 1 aliphatic heterocycles. The zero-order valence-corrected chi connectivity index (χ0v) is 13.5. The van der Waals surface area contributed by atoms with Crippen LogP contribution in [0.5, 0.6) is 0 Å². The molecule has 4 heteroatoms. The highest BCUT2D eigenvalue weighted by Crippen LogP contribution is 2.33. The lowest BCUT2D eigenvalue weighted by molar-refractivity contribution is -0.135. The highest BCUT2D eigenvalue weighted by Gasteiger charge is 2.35. The van der Waals surface area contributed by atoms with Crippen molar-refractivity contribution in [3.63, 3.8) is 0 Å². The lowest BCUT2D eigenvalue weighted by Gasteiger charge is -2.40. The van der Waals surface area contributed by atoms with Crippen LogP contribution in [0.3, 0.4) is 0 Å². The highest BCUT2D eigenvalue weighted by atomic mass is 16.2. The van der Waals surface area contributed by atoms with Crippen LogP contribution in [0.4, 0.5) is 5.69 Å². The first-order valence-corrected chi connectivity index (χ1v) is 8.15. The van der Waals surface area contributed by atoms with Crippen LogP contribution >= 0.6 is 0 Å². The number of amides is 1. The summed E-state index contributed by atoms with van der Waals surface area (Å²) in [6, 6.07) is 14.4. The average Bonchev–Trinajstić information content (AvgIpc) is 2.60. The summed E-state index contributed by atoms with van der Waals surface area (Å²) in [5.41, 5.74) is 2.35. The van der Waals surface area contributed by atoms with E-state index in [1.807, 2.05) is 23.1 Å². The molecule has 2 heterocycles. The Bertz CT molecular complexity index is 644. The first kappa shape index (κ1) is 15.5. The van der Waals surface area contributed by atoms with Crippen molar-refractivity contribution >= 4 is 11.6 Å². The molecule has 0 saturated carbocycles. The molecule has 0 aliphatic carbocycles. The number of hydrogen-bond acceptors (Lipinski definition) is 3. The molecule has 3 rings (SSSR count). The minimum Gasteiger partial charge on any atom is -0.382 e. The van der Waals surface area contributed by atoms with Gasteiger partial charge in [0.25, 0.3) is 0 Å². The number of carbonyl (C=O) groups excluding carboxylic acids is 1. The second-order valence-electron chi connectivity index (χ2n) is 6.41. The lowest BCUT2D eigenvalue weighted by atomic mass is 9.76. The first-order valence-electron chi connectivity index (χ1n) is 8.15. The maximum atomic E-state index is 12.2. The fourth-order valence-corrected chi connectivity index (χ4v) is 3.21. The quantitative estimate of drug-likeness (QED) is 0.923. The smallest absolute Gasteiger partial charge is 0.222 e. The maximum Gasteiger partial charge on any atom is 0.222 e. The first-order chi connectivity index (χ1) is 11.2. The van der Waals surface area contributed by atoms with Crippen LogP contribution in [-0.4, -0.2) is 35.4 Å². The molecular weight excluding hydrogens is 286 g/mol. The van der Waals surface area contributed by atoms with Crippen LogP contribution in [0.15, 0.2) is 54.9 Å². The molecule has 1 aromatic carbocycles. The van der Waals surface area contributed by atoms with Gasteiger partial charge >= 0.3 is 0 Å². The molecule has 23 heavy (non-hydrogen) atoms. The van der Waals surface area contributed by atoms with Gasteiger partial charge in [0.05, 0.1) is 5.69 Å². The summed E-state index contributed by atoms with van der Waals surface area (Å²) < 4.78 is 0. The standard InChI is InChI=1S/C19H23N3O/c1-19(16-6-3-2-4-7-16)10-9-18(23)22(15-19)13-12-21-17-8-5-11-20-14-17/h2-8,11,14,21H,9-10,12-13,15H2,1H3. The number of piperidine rings is 1. The Hall–Kier alpha value is -2.36. The zero-order chi connectivity index (χ0) is 16.1. The van der Waals surface area contributed by atoms with Gasteiger partial charge < -0.3 is 10.2 Å². The van der Waals surface area contributed by atoms with Crippen molar-refractivity contribution in [3.05, 3.63) is 60.4 Å². The Morgan fingerprint density at radius 1 is 1.22 bits per heavy atom. The van der Waals surface area contributed by atoms with E-state index in [9.17, 15) is 4.79 Å². The summed E-state index contributed by atoms with van der Waals surface area (Å²) in [4.78, 5) is 18.3. The number of rotatable bonds is 5. The van der Waals surface area contributed by atoms with Crippen LogP contribution in [-0.2, 0) is 10.2 Å². The van der Waals surface area contributed by atoms with Crippen molar-refractivity contribution in [2.24, 2.45) is 0 Å². The molecule has 1 amide bonds. The molecule has 1 unspecified atom stereocenters. The Balaban J connectivity index is 1.61. The molecule has 0 bridgehead atoms. The van der Waals surface area contributed by atoms with Crippen molar-refractivity contribution in [2.45, 2.75) is 25.2 Å². The average molecular weight is 309 g/mol. The predicted octanol–water partition coefficient (Wildman–Crippen LogP) is 3.07. The van der Waals surface area contributed by atoms with E-state index in [0.29, 0.717) is 6.42 Å². The van der Waals surface area contributed by atoms with Gasteiger partial charge in [-0.1, -0.05) is 37.3 Å². The normalized spacial score (nSPS) is 21.3. The third kappa shape index (κ3) is 3.70. The topological polar surface area (TPSA) is 45.2 Å². The van der Waals surface area contributed by atoms with E-state index in [1.54, 1.807) is 12.4 Å². The van der Waals surface area contributed by atoms with Crippen LogP contribution in [0.1, 0.15) is 25.3 Å². The number of carbonyl (C=O) groups is 1.